The fraction of sp³-hybridized carbons (Fsp3) is 0.167. The van der Waals surface area contributed by atoms with E-state index in [2.05, 4.69) is 50.5 Å². The number of rotatable bonds is 6. The monoisotopic (exact) mass is 417 g/mol. The van der Waals surface area contributed by atoms with E-state index in [0.29, 0.717) is 17.9 Å². The van der Waals surface area contributed by atoms with E-state index in [4.69, 9.17) is 4.42 Å². The lowest BCUT2D eigenvalue weighted by atomic mass is 10.1. The maximum Gasteiger partial charge on any atom is 0.322 e. The minimum atomic E-state index is -0.288. The number of halogens is 1. The van der Waals surface area contributed by atoms with Crippen molar-refractivity contribution >= 4 is 39.6 Å². The average Bonchev–Trinajstić information content (AvgIpc) is 3.04. The molecule has 2 aromatic carbocycles. The quantitative estimate of drug-likeness (QED) is 0.584. The van der Waals surface area contributed by atoms with Gasteiger partial charge >= 0.3 is 6.01 Å². The summed E-state index contributed by atoms with van der Waals surface area (Å²) in [5.74, 6) is 1.22. The van der Waals surface area contributed by atoms with Crippen LogP contribution in [-0.4, -0.2) is 21.9 Å². The Hall–Kier alpha value is -2.12. The number of hydrogen-bond donors (Lipinski definition) is 1. The normalized spacial score (nSPS) is 10.6. The van der Waals surface area contributed by atoms with Gasteiger partial charge in [-0.15, -0.1) is 16.9 Å². The lowest BCUT2D eigenvalue weighted by Crippen LogP contribution is -2.11. The van der Waals surface area contributed by atoms with Gasteiger partial charge in [-0.25, -0.2) is 0 Å². The Bertz CT molecular complexity index is 848. The second kappa shape index (κ2) is 8.31. The maximum atomic E-state index is 12.1. The van der Waals surface area contributed by atoms with Gasteiger partial charge in [-0.05, 0) is 47.7 Å². The lowest BCUT2D eigenvalue weighted by molar-refractivity contribution is 0.102. The summed E-state index contributed by atoms with van der Waals surface area (Å²) in [4.78, 5) is 13.4. The van der Waals surface area contributed by atoms with Crippen LogP contribution in [0, 0.1) is 0 Å². The summed E-state index contributed by atoms with van der Waals surface area (Å²) in [6.45, 7) is 2.13. The number of benzene rings is 2. The van der Waals surface area contributed by atoms with E-state index in [1.807, 2.05) is 12.1 Å². The van der Waals surface area contributed by atoms with Gasteiger partial charge in [0.05, 0.1) is 6.42 Å². The number of nitrogens with one attached hydrogen (secondary N) is 1. The molecule has 3 rings (SSSR count). The van der Waals surface area contributed by atoms with E-state index < -0.39 is 0 Å². The van der Waals surface area contributed by atoms with Gasteiger partial charge in [0.1, 0.15) is 0 Å². The van der Waals surface area contributed by atoms with E-state index in [0.717, 1.165) is 15.8 Å². The van der Waals surface area contributed by atoms with E-state index in [1.165, 1.54) is 4.90 Å². The third-order valence-corrected chi connectivity index (χ3v) is 4.81. The third-order valence-electron chi connectivity index (χ3n) is 3.38. The van der Waals surface area contributed by atoms with Crippen LogP contribution in [0.3, 0.4) is 0 Å². The first kappa shape index (κ1) is 17.7. The Kier molecular flexibility index (Phi) is 5.88. The number of nitrogens with zero attached hydrogens (tertiary/aromatic N) is 2. The van der Waals surface area contributed by atoms with Crippen molar-refractivity contribution in [2.45, 2.75) is 18.2 Å². The molecule has 1 aromatic heterocycles. The van der Waals surface area contributed by atoms with E-state index in [-0.39, 0.29) is 11.9 Å². The zero-order chi connectivity index (χ0) is 17.6. The van der Waals surface area contributed by atoms with Gasteiger partial charge in [-0.2, -0.15) is 0 Å². The molecule has 128 valence electrons. The highest BCUT2D eigenvalue weighted by Gasteiger charge is 2.12. The number of thioether (sulfide) groups is 1. The predicted molar refractivity (Wildman–Crippen MR) is 102 cm³/mol. The van der Waals surface area contributed by atoms with Crippen molar-refractivity contribution in [2.24, 2.45) is 0 Å². The van der Waals surface area contributed by atoms with E-state index >= 15 is 0 Å². The number of carbonyl (C=O) groups is 1. The SMILES string of the molecule is CCSc1ccc(Cc2nnc(NC(=O)c3ccc(Br)cc3)o2)cc1. The smallest absolute Gasteiger partial charge is 0.322 e. The molecule has 0 saturated heterocycles. The second-order valence-corrected chi connectivity index (χ2v) is 7.47. The van der Waals surface area contributed by atoms with Gasteiger partial charge in [0, 0.05) is 14.9 Å². The molecule has 0 aliphatic rings. The minimum Gasteiger partial charge on any atom is -0.407 e. The highest BCUT2D eigenvalue weighted by molar-refractivity contribution is 9.10. The Morgan fingerprint density at radius 2 is 1.84 bits per heavy atom. The summed E-state index contributed by atoms with van der Waals surface area (Å²) in [5, 5.41) is 10.5. The molecule has 25 heavy (non-hydrogen) atoms. The number of aromatic nitrogens is 2. The van der Waals surface area contributed by atoms with Gasteiger partial charge < -0.3 is 4.42 Å². The van der Waals surface area contributed by atoms with Crippen LogP contribution in [0.25, 0.3) is 0 Å². The summed E-state index contributed by atoms with van der Waals surface area (Å²) < 4.78 is 6.42. The first-order valence-corrected chi connectivity index (χ1v) is 9.53. The van der Waals surface area contributed by atoms with Gasteiger partial charge in [0.25, 0.3) is 5.91 Å². The molecular formula is C18H16BrN3O2S. The van der Waals surface area contributed by atoms with E-state index in [9.17, 15) is 4.79 Å². The van der Waals surface area contributed by atoms with Gasteiger partial charge in [-0.3, -0.25) is 10.1 Å². The molecular weight excluding hydrogens is 402 g/mol. The Labute approximate surface area is 158 Å². The summed E-state index contributed by atoms with van der Waals surface area (Å²) in [7, 11) is 0. The molecule has 7 heteroatoms. The topological polar surface area (TPSA) is 68.0 Å². The fourth-order valence-corrected chi connectivity index (χ4v) is 3.12. The Morgan fingerprint density at radius 1 is 1.12 bits per heavy atom. The van der Waals surface area contributed by atoms with Crippen LogP contribution in [0.5, 0.6) is 0 Å². The summed E-state index contributed by atoms with van der Waals surface area (Å²) in [6, 6.07) is 15.4. The highest BCUT2D eigenvalue weighted by Crippen LogP contribution is 2.19. The van der Waals surface area contributed by atoms with Crippen molar-refractivity contribution < 1.29 is 9.21 Å². The average molecular weight is 418 g/mol. The molecule has 1 amide bonds. The predicted octanol–water partition coefficient (Wildman–Crippen LogP) is 4.79. The van der Waals surface area contributed by atoms with Crippen molar-refractivity contribution in [1.82, 2.24) is 10.2 Å². The molecule has 3 aromatic rings. The van der Waals surface area contributed by atoms with Crippen LogP contribution in [0.2, 0.25) is 0 Å². The van der Waals surface area contributed by atoms with Gasteiger partial charge in [0.2, 0.25) is 5.89 Å². The summed E-state index contributed by atoms with van der Waals surface area (Å²) >= 11 is 5.13. The largest absolute Gasteiger partial charge is 0.407 e. The van der Waals surface area contributed by atoms with Crippen LogP contribution in [0.1, 0.15) is 28.7 Å². The molecule has 0 fully saturated rings. The van der Waals surface area contributed by atoms with E-state index in [1.54, 1.807) is 36.0 Å². The molecule has 0 aliphatic carbocycles. The Balaban J connectivity index is 1.62. The zero-order valence-corrected chi connectivity index (χ0v) is 15.9. The summed E-state index contributed by atoms with van der Waals surface area (Å²) in [5.41, 5.74) is 1.60. The van der Waals surface area contributed by atoms with Crippen molar-refractivity contribution in [3.8, 4) is 0 Å². The van der Waals surface area contributed by atoms with Crippen molar-refractivity contribution in [3.63, 3.8) is 0 Å². The van der Waals surface area contributed by atoms with Crippen LogP contribution in [-0.2, 0) is 6.42 Å². The lowest BCUT2D eigenvalue weighted by Gasteiger charge is -2.01. The van der Waals surface area contributed by atoms with Crippen LogP contribution in [0.4, 0.5) is 6.01 Å². The minimum absolute atomic E-state index is 0.0982. The fourth-order valence-electron chi connectivity index (χ4n) is 2.19. The standard InChI is InChI=1S/C18H16BrN3O2S/c1-2-25-15-9-3-12(4-10-15)11-16-21-22-18(24-16)20-17(23)13-5-7-14(19)8-6-13/h3-10H,2,11H2,1H3,(H,20,22,23). The zero-order valence-electron chi connectivity index (χ0n) is 13.5. The molecule has 1 N–H and O–H groups in total. The second-order valence-electron chi connectivity index (χ2n) is 5.22. The molecule has 0 aliphatic heterocycles. The van der Waals surface area contributed by atoms with Crippen LogP contribution < -0.4 is 5.32 Å². The first-order valence-electron chi connectivity index (χ1n) is 7.75. The van der Waals surface area contributed by atoms with Crippen molar-refractivity contribution in [1.29, 1.82) is 0 Å². The number of carbonyl (C=O) groups excluding carboxylic acids is 1. The third kappa shape index (κ3) is 4.93. The van der Waals surface area contributed by atoms with Crippen molar-refractivity contribution in [3.05, 3.63) is 70.0 Å². The van der Waals surface area contributed by atoms with Crippen LogP contribution in [0.15, 0.2) is 62.3 Å². The molecule has 0 atom stereocenters. The summed E-state index contributed by atoms with van der Waals surface area (Å²) in [6.07, 6.45) is 0.526. The van der Waals surface area contributed by atoms with Gasteiger partial charge in [0.15, 0.2) is 0 Å². The number of amides is 1. The molecule has 1 heterocycles. The van der Waals surface area contributed by atoms with Crippen LogP contribution >= 0.6 is 27.7 Å². The number of hydrogen-bond acceptors (Lipinski definition) is 5. The molecule has 0 saturated carbocycles. The Morgan fingerprint density at radius 3 is 2.52 bits per heavy atom. The maximum absolute atomic E-state index is 12.1. The molecule has 0 radical (unpaired) electrons. The van der Waals surface area contributed by atoms with Crippen molar-refractivity contribution in [2.75, 3.05) is 11.1 Å². The number of anilines is 1. The molecule has 0 spiro atoms. The first-order chi connectivity index (χ1) is 12.1. The molecule has 5 nitrogen and oxygen atoms in total. The highest BCUT2D eigenvalue weighted by atomic mass is 79.9. The molecule has 0 unspecified atom stereocenters. The van der Waals surface area contributed by atoms with Gasteiger partial charge in [-0.1, -0.05) is 40.1 Å². The molecule has 0 bridgehead atoms.